The quantitative estimate of drug-likeness (QED) is 0.154. The molecule has 0 spiro atoms. The number of nitrogens with one attached hydrogen (secondary N) is 4. The van der Waals surface area contributed by atoms with Crippen LogP contribution in [0.3, 0.4) is 0 Å². The molecule has 15 heteroatoms. The standard InChI is InChI=1S/C32H49N7O7S/c1-31(2,3)25(36-29(43)44)27(41)37-33-16-23(40)22(15-20-11-9-8-10-12-20)35-28(42)26(32(4,5)6)39-14-13-38(30(39)45)17-21-19-47-24(34-21)18-46-7/h8-12,19,22-23,25-26,33,36,40H,13-18H2,1-7H3,(H,35,42)(H,37,41)(H,43,44)/t22-,23-,25+,26+/m0/s1. The average Bonchev–Trinajstić information content (AvgIpc) is 3.56. The van der Waals surface area contributed by atoms with Gasteiger partial charge in [-0.25, -0.2) is 20.0 Å². The second-order valence-electron chi connectivity index (χ2n) is 13.8. The largest absolute Gasteiger partial charge is 0.465 e. The number of urea groups is 1. The predicted octanol–water partition coefficient (Wildman–Crippen LogP) is 2.33. The van der Waals surface area contributed by atoms with Gasteiger partial charge < -0.3 is 35.4 Å². The first-order valence-electron chi connectivity index (χ1n) is 15.5. The Hall–Kier alpha value is -3.79. The highest BCUT2D eigenvalue weighted by Gasteiger charge is 2.44. The Morgan fingerprint density at radius 1 is 1.02 bits per heavy atom. The van der Waals surface area contributed by atoms with Gasteiger partial charge in [-0.1, -0.05) is 71.9 Å². The van der Waals surface area contributed by atoms with Gasteiger partial charge in [-0.3, -0.25) is 15.0 Å². The molecule has 47 heavy (non-hydrogen) atoms. The Morgan fingerprint density at radius 2 is 1.70 bits per heavy atom. The highest BCUT2D eigenvalue weighted by molar-refractivity contribution is 7.09. The van der Waals surface area contributed by atoms with Crippen LogP contribution in [0.1, 0.15) is 57.8 Å². The number of ether oxygens (including phenoxy) is 1. The summed E-state index contributed by atoms with van der Waals surface area (Å²) in [6.07, 6.45) is -2.23. The van der Waals surface area contributed by atoms with Crippen LogP contribution >= 0.6 is 11.3 Å². The minimum atomic E-state index is -1.34. The van der Waals surface area contributed by atoms with Crippen LogP contribution in [0.4, 0.5) is 9.59 Å². The number of thiazole rings is 1. The molecule has 2 aromatic rings. The van der Waals surface area contributed by atoms with E-state index in [2.05, 4.69) is 26.5 Å². The summed E-state index contributed by atoms with van der Waals surface area (Å²) in [5.41, 5.74) is 5.43. The SMILES string of the molecule is COCc1nc(CN2CCN([C@H](C(=O)N[C@@H](Cc3ccccc3)[C@@H](O)CNNC(=O)[C@@H](NC(=O)O)C(C)(C)C)C(C)(C)C)C2=O)cs1. The molecular weight excluding hydrogens is 626 g/mol. The Labute approximate surface area is 280 Å². The van der Waals surface area contributed by atoms with Gasteiger partial charge in [0.2, 0.25) is 5.91 Å². The molecule has 1 saturated heterocycles. The number of aliphatic hydroxyl groups excluding tert-OH is 1. The van der Waals surface area contributed by atoms with E-state index in [-0.39, 0.29) is 19.0 Å². The molecule has 260 valence electrons. The van der Waals surface area contributed by atoms with Crippen LogP contribution in [0.2, 0.25) is 0 Å². The van der Waals surface area contributed by atoms with Crippen molar-refractivity contribution in [1.82, 2.24) is 36.3 Å². The normalized spacial score (nSPS) is 16.4. The van der Waals surface area contributed by atoms with E-state index in [4.69, 9.17) is 4.74 Å². The minimum Gasteiger partial charge on any atom is -0.465 e. The number of carboxylic acid groups (broad SMARTS) is 1. The number of nitrogens with zero attached hydrogens (tertiary/aromatic N) is 3. The van der Waals surface area contributed by atoms with E-state index in [1.807, 2.05) is 56.5 Å². The first-order chi connectivity index (χ1) is 22.0. The highest BCUT2D eigenvalue weighted by atomic mass is 32.1. The van der Waals surface area contributed by atoms with Gasteiger partial charge in [0.25, 0.3) is 5.91 Å². The molecule has 0 radical (unpaired) electrons. The summed E-state index contributed by atoms with van der Waals surface area (Å²) in [4.78, 5) is 59.5. The fourth-order valence-electron chi connectivity index (χ4n) is 5.47. The number of hydrogen-bond acceptors (Lipinski definition) is 9. The van der Waals surface area contributed by atoms with Crippen LogP contribution in [0.25, 0.3) is 0 Å². The number of rotatable bonds is 15. The summed E-state index contributed by atoms with van der Waals surface area (Å²) in [7, 11) is 1.60. The molecule has 1 aliphatic rings. The number of carbonyl (C=O) groups is 4. The van der Waals surface area contributed by atoms with Gasteiger partial charge in [-0.05, 0) is 22.8 Å². The fraction of sp³-hybridized carbons (Fsp3) is 0.594. The third-order valence-electron chi connectivity index (χ3n) is 7.74. The van der Waals surface area contributed by atoms with Gasteiger partial charge in [-0.2, -0.15) is 0 Å². The van der Waals surface area contributed by atoms with Crippen LogP contribution in [0.5, 0.6) is 0 Å². The Morgan fingerprint density at radius 3 is 2.30 bits per heavy atom. The number of hydrazine groups is 1. The Balaban J connectivity index is 1.73. The van der Waals surface area contributed by atoms with Crippen LogP contribution in [0, 0.1) is 10.8 Å². The second kappa shape index (κ2) is 16.4. The number of carbonyl (C=O) groups excluding carboxylic acids is 3. The summed E-state index contributed by atoms with van der Waals surface area (Å²) in [5.74, 6) is -1.03. The maximum absolute atomic E-state index is 14.0. The molecule has 3 rings (SSSR count). The van der Waals surface area contributed by atoms with Crippen molar-refractivity contribution >= 4 is 35.3 Å². The zero-order valence-corrected chi connectivity index (χ0v) is 29.0. The first kappa shape index (κ1) is 37.7. The molecule has 1 aromatic carbocycles. The number of benzene rings is 1. The lowest BCUT2D eigenvalue weighted by molar-refractivity contribution is -0.130. The molecular formula is C32H49N7O7S. The molecule has 0 unspecified atom stereocenters. The van der Waals surface area contributed by atoms with Gasteiger partial charge in [0.15, 0.2) is 0 Å². The lowest BCUT2D eigenvalue weighted by atomic mass is 9.84. The Bertz CT molecular complexity index is 1360. The zero-order chi connectivity index (χ0) is 34.9. The molecule has 0 aliphatic carbocycles. The summed E-state index contributed by atoms with van der Waals surface area (Å²) < 4.78 is 5.15. The van der Waals surface area contributed by atoms with Crippen molar-refractivity contribution in [1.29, 1.82) is 0 Å². The van der Waals surface area contributed by atoms with Gasteiger partial charge in [0, 0.05) is 32.1 Å². The molecule has 1 aliphatic heterocycles. The van der Waals surface area contributed by atoms with Crippen LogP contribution < -0.4 is 21.5 Å². The van der Waals surface area contributed by atoms with Gasteiger partial charge >= 0.3 is 12.1 Å². The summed E-state index contributed by atoms with van der Waals surface area (Å²) in [5, 5.41) is 28.4. The average molecular weight is 676 g/mol. The third kappa shape index (κ3) is 10.9. The van der Waals surface area contributed by atoms with E-state index >= 15 is 0 Å². The Kier molecular flexibility index (Phi) is 13.1. The maximum atomic E-state index is 14.0. The van der Waals surface area contributed by atoms with Crippen molar-refractivity contribution in [3.05, 3.63) is 52.0 Å². The highest BCUT2D eigenvalue weighted by Crippen LogP contribution is 2.29. The second-order valence-corrected chi connectivity index (χ2v) is 14.8. The predicted molar refractivity (Wildman–Crippen MR) is 177 cm³/mol. The lowest BCUT2D eigenvalue weighted by Gasteiger charge is -2.38. The topological polar surface area (TPSA) is 185 Å². The van der Waals surface area contributed by atoms with Crippen LogP contribution in [-0.4, -0.2) is 99.9 Å². The number of methoxy groups -OCH3 is 1. The smallest absolute Gasteiger partial charge is 0.405 e. The molecule has 2 heterocycles. The fourth-order valence-corrected chi connectivity index (χ4v) is 6.22. The van der Waals surface area contributed by atoms with Crippen molar-refractivity contribution in [2.24, 2.45) is 10.8 Å². The van der Waals surface area contributed by atoms with Gasteiger partial charge in [0.05, 0.1) is 31.0 Å². The first-order valence-corrected chi connectivity index (χ1v) is 16.4. The van der Waals surface area contributed by atoms with Crippen molar-refractivity contribution in [2.75, 3.05) is 26.7 Å². The zero-order valence-electron chi connectivity index (χ0n) is 28.2. The molecule has 1 aromatic heterocycles. The van der Waals surface area contributed by atoms with E-state index in [0.717, 1.165) is 16.3 Å². The molecule has 4 atom stereocenters. The minimum absolute atomic E-state index is 0.150. The van der Waals surface area contributed by atoms with E-state index in [1.165, 1.54) is 11.3 Å². The van der Waals surface area contributed by atoms with Gasteiger partial charge in [-0.15, -0.1) is 11.3 Å². The van der Waals surface area contributed by atoms with Crippen molar-refractivity contribution in [3.8, 4) is 0 Å². The maximum Gasteiger partial charge on any atom is 0.405 e. The monoisotopic (exact) mass is 675 g/mol. The van der Waals surface area contributed by atoms with E-state index in [9.17, 15) is 29.4 Å². The lowest BCUT2D eigenvalue weighted by Crippen LogP contribution is -2.60. The van der Waals surface area contributed by atoms with Gasteiger partial charge in [0.1, 0.15) is 17.1 Å². The van der Waals surface area contributed by atoms with E-state index < -0.39 is 53.0 Å². The molecule has 0 saturated carbocycles. The third-order valence-corrected chi connectivity index (χ3v) is 8.61. The summed E-state index contributed by atoms with van der Waals surface area (Å²) in [6, 6.07) is 6.38. The van der Waals surface area contributed by atoms with Crippen molar-refractivity contribution < 1.29 is 34.1 Å². The number of amides is 5. The van der Waals surface area contributed by atoms with Crippen LogP contribution in [-0.2, 0) is 33.9 Å². The molecule has 6 N–H and O–H groups in total. The molecule has 1 fully saturated rings. The number of hydrogen-bond donors (Lipinski definition) is 6. The number of aliphatic hydroxyl groups is 1. The molecule has 0 bridgehead atoms. The summed E-state index contributed by atoms with van der Waals surface area (Å²) >= 11 is 1.47. The van der Waals surface area contributed by atoms with E-state index in [1.54, 1.807) is 37.7 Å². The molecule has 14 nitrogen and oxygen atoms in total. The van der Waals surface area contributed by atoms with Crippen molar-refractivity contribution in [3.63, 3.8) is 0 Å². The van der Waals surface area contributed by atoms with Crippen LogP contribution in [0.15, 0.2) is 35.7 Å². The van der Waals surface area contributed by atoms with E-state index in [0.29, 0.717) is 26.2 Å². The summed E-state index contributed by atoms with van der Waals surface area (Å²) in [6.45, 7) is 12.2. The van der Waals surface area contributed by atoms with Crippen molar-refractivity contribution in [2.45, 2.75) is 85.3 Å². The number of aromatic nitrogens is 1. The molecule has 5 amide bonds.